The Morgan fingerprint density at radius 3 is 1.74 bits per heavy atom. The summed E-state index contributed by atoms with van der Waals surface area (Å²) in [5.41, 5.74) is 5.81. The minimum absolute atomic E-state index is 0.0235. The van der Waals surface area contributed by atoms with Crippen LogP contribution in [0.25, 0.3) is 0 Å². The van der Waals surface area contributed by atoms with Gasteiger partial charge in [-0.15, -0.1) is 0 Å². The fraction of sp³-hybridized carbons (Fsp3) is 0.655. The maximum Gasteiger partial charge on any atom is 0.508 e. The van der Waals surface area contributed by atoms with E-state index in [1.54, 1.807) is 33.8 Å². The van der Waals surface area contributed by atoms with Crippen molar-refractivity contribution in [1.29, 1.82) is 0 Å². The summed E-state index contributed by atoms with van der Waals surface area (Å²) in [6, 6.07) is 3.06. The molecule has 0 saturated heterocycles. The van der Waals surface area contributed by atoms with E-state index in [4.69, 9.17) is 24.7 Å². The molecule has 0 radical (unpaired) electrons. The van der Waals surface area contributed by atoms with Crippen LogP contribution < -0.4 is 15.2 Å². The van der Waals surface area contributed by atoms with Crippen LogP contribution in [0.4, 0.5) is 4.79 Å². The molecule has 0 aliphatic rings. The van der Waals surface area contributed by atoms with Crippen LogP contribution in [-0.4, -0.2) is 47.4 Å². The van der Waals surface area contributed by atoms with Crippen molar-refractivity contribution < 1.29 is 43.2 Å². The highest BCUT2D eigenvalue weighted by molar-refractivity contribution is 5.78. The lowest BCUT2D eigenvalue weighted by Gasteiger charge is -2.31. The third-order valence-electron chi connectivity index (χ3n) is 5.74. The number of carboxylic acid groups (broad SMARTS) is 1. The van der Waals surface area contributed by atoms with Crippen molar-refractivity contribution in [2.45, 2.75) is 106 Å². The molecule has 0 aliphatic carbocycles. The van der Waals surface area contributed by atoms with Crippen LogP contribution in [0, 0.1) is 16.7 Å². The summed E-state index contributed by atoms with van der Waals surface area (Å²) in [6.07, 6.45) is -1.84. The molecule has 0 spiro atoms. The first-order valence-corrected chi connectivity index (χ1v) is 13.1. The van der Waals surface area contributed by atoms with Crippen molar-refractivity contribution in [3.8, 4) is 11.5 Å². The van der Waals surface area contributed by atoms with Gasteiger partial charge in [0.05, 0.1) is 18.9 Å². The monoisotopic (exact) mass is 551 g/mol. The molecule has 1 aromatic rings. The molecule has 0 saturated carbocycles. The van der Waals surface area contributed by atoms with E-state index in [-0.39, 0.29) is 35.2 Å². The zero-order valence-corrected chi connectivity index (χ0v) is 24.8. The Morgan fingerprint density at radius 2 is 1.31 bits per heavy atom. The average Bonchev–Trinajstić information content (AvgIpc) is 2.71. The summed E-state index contributed by atoms with van der Waals surface area (Å²) in [7, 11) is 0. The highest BCUT2D eigenvalue weighted by Crippen LogP contribution is 2.38. The maximum atomic E-state index is 12.7. The van der Waals surface area contributed by atoms with Crippen LogP contribution in [0.1, 0.15) is 93.6 Å². The molecule has 0 heterocycles. The van der Waals surface area contributed by atoms with Crippen LogP contribution >= 0.6 is 0 Å². The van der Waals surface area contributed by atoms with Crippen LogP contribution in [-0.2, 0) is 23.9 Å². The number of nitrogens with two attached hydrogens (primary N) is 1. The number of hydrogen-bond donors (Lipinski definition) is 2. The van der Waals surface area contributed by atoms with Gasteiger partial charge in [0.15, 0.2) is 11.5 Å². The summed E-state index contributed by atoms with van der Waals surface area (Å²) >= 11 is 0. The lowest BCUT2D eigenvalue weighted by Crippen LogP contribution is -2.42. The van der Waals surface area contributed by atoms with Crippen LogP contribution in [0.2, 0.25) is 0 Å². The van der Waals surface area contributed by atoms with Gasteiger partial charge in [-0.3, -0.25) is 14.4 Å². The lowest BCUT2D eigenvalue weighted by atomic mass is 9.79. The van der Waals surface area contributed by atoms with E-state index in [0.717, 1.165) is 0 Å². The largest absolute Gasteiger partial charge is 0.508 e. The average molecular weight is 552 g/mol. The molecule has 10 heteroatoms. The van der Waals surface area contributed by atoms with E-state index in [1.165, 1.54) is 12.1 Å². The number of aliphatic carboxylic acids is 1. The predicted molar refractivity (Wildman–Crippen MR) is 146 cm³/mol. The van der Waals surface area contributed by atoms with E-state index in [9.17, 15) is 24.3 Å². The van der Waals surface area contributed by atoms with Gasteiger partial charge in [0.25, 0.3) is 0 Å². The lowest BCUT2D eigenvalue weighted by molar-refractivity contribution is -0.140. The Morgan fingerprint density at radius 1 is 0.821 bits per heavy atom. The zero-order chi connectivity index (χ0) is 30.3. The molecule has 3 N–H and O–H groups in total. The molecular formula is C29H45NO9. The first-order chi connectivity index (χ1) is 17.7. The smallest absolute Gasteiger partial charge is 0.480 e. The molecule has 1 rings (SSSR count). The van der Waals surface area contributed by atoms with Gasteiger partial charge in [-0.25, -0.2) is 4.79 Å². The van der Waals surface area contributed by atoms with Crippen LogP contribution in [0.3, 0.4) is 0 Å². The fourth-order valence-corrected chi connectivity index (χ4v) is 3.84. The van der Waals surface area contributed by atoms with E-state index in [2.05, 4.69) is 0 Å². The zero-order valence-electron chi connectivity index (χ0n) is 24.8. The number of esters is 2. The van der Waals surface area contributed by atoms with Crippen molar-refractivity contribution in [3.05, 3.63) is 23.8 Å². The number of carboxylic acids is 1. The van der Waals surface area contributed by atoms with Gasteiger partial charge in [0, 0.05) is 11.8 Å². The maximum absolute atomic E-state index is 12.7. The first-order valence-electron chi connectivity index (χ1n) is 13.1. The fourth-order valence-electron chi connectivity index (χ4n) is 3.84. The van der Waals surface area contributed by atoms with Gasteiger partial charge in [-0.1, -0.05) is 54.5 Å². The Labute approximate surface area is 231 Å². The Balaban J connectivity index is 3.49. The molecule has 220 valence electrons. The highest BCUT2D eigenvalue weighted by atomic mass is 16.7. The Hall–Kier alpha value is -3.14. The van der Waals surface area contributed by atoms with Gasteiger partial charge in [0.1, 0.15) is 12.1 Å². The third kappa shape index (κ3) is 12.1. The minimum atomic E-state index is -1.39. The van der Waals surface area contributed by atoms with Crippen molar-refractivity contribution in [2.24, 2.45) is 22.5 Å². The summed E-state index contributed by atoms with van der Waals surface area (Å²) in [5.74, 6) is -3.81. The Bertz CT molecular complexity index is 1020. The molecule has 4 atom stereocenters. The molecule has 3 unspecified atom stereocenters. The number of carbonyl (C=O) groups excluding carboxylic acids is 3. The molecule has 0 aromatic heterocycles. The van der Waals surface area contributed by atoms with E-state index < -0.39 is 54.1 Å². The summed E-state index contributed by atoms with van der Waals surface area (Å²) in [4.78, 5) is 49.3. The van der Waals surface area contributed by atoms with Crippen molar-refractivity contribution >= 4 is 24.1 Å². The molecule has 0 amide bonds. The number of ether oxygens (including phenoxy) is 4. The highest BCUT2D eigenvalue weighted by Gasteiger charge is 2.36. The first kappa shape index (κ1) is 33.9. The summed E-state index contributed by atoms with van der Waals surface area (Å²) in [5, 5.41) is 9.76. The third-order valence-corrected chi connectivity index (χ3v) is 5.74. The van der Waals surface area contributed by atoms with Gasteiger partial charge in [0.2, 0.25) is 0 Å². The molecule has 10 nitrogen and oxygen atoms in total. The van der Waals surface area contributed by atoms with Gasteiger partial charge < -0.3 is 29.8 Å². The SMILES string of the molecule is CC(C)OC(=O)OC(C)C(C)C(c1ccc(OC(=O)CC(C)(C)C)c(OC(=O)CC(C)(C)C)c1)[C@H](N)C(=O)O. The van der Waals surface area contributed by atoms with E-state index in [0.29, 0.717) is 5.56 Å². The molecule has 0 bridgehead atoms. The minimum Gasteiger partial charge on any atom is -0.480 e. The van der Waals surface area contributed by atoms with Gasteiger partial charge in [-0.2, -0.15) is 0 Å². The Kier molecular flexibility index (Phi) is 12.0. The summed E-state index contributed by atoms with van der Waals surface area (Å²) in [6.45, 7) is 18.0. The molecule has 0 aliphatic heterocycles. The predicted octanol–water partition coefficient (Wildman–Crippen LogP) is 5.45. The molecular weight excluding hydrogens is 506 g/mol. The van der Waals surface area contributed by atoms with Gasteiger partial charge in [-0.05, 0) is 49.3 Å². The van der Waals surface area contributed by atoms with Gasteiger partial charge >= 0.3 is 24.1 Å². The number of rotatable bonds is 11. The second-order valence-corrected chi connectivity index (χ2v) is 12.6. The van der Waals surface area contributed by atoms with Crippen molar-refractivity contribution in [3.63, 3.8) is 0 Å². The second-order valence-electron chi connectivity index (χ2n) is 12.6. The van der Waals surface area contributed by atoms with E-state index in [1.807, 2.05) is 41.5 Å². The standard InChI is InChI=1S/C29H45NO9/c1-16(2)36-27(35)37-18(4)17(3)24(25(30)26(33)34)19-11-12-20(38-22(31)14-28(5,6)7)21(13-19)39-23(32)15-29(8,9)10/h11-13,16-18,24-25H,14-15,30H2,1-10H3,(H,33,34)/t17?,18?,24?,25-/m0/s1. The van der Waals surface area contributed by atoms with Crippen LogP contribution in [0.5, 0.6) is 11.5 Å². The molecule has 0 fully saturated rings. The van der Waals surface area contributed by atoms with E-state index >= 15 is 0 Å². The second kappa shape index (κ2) is 13.8. The quantitative estimate of drug-likeness (QED) is 0.268. The topological polar surface area (TPSA) is 151 Å². The normalized spacial score (nSPS) is 15.1. The number of hydrogen-bond acceptors (Lipinski definition) is 9. The van der Waals surface area contributed by atoms with Crippen molar-refractivity contribution in [2.75, 3.05) is 0 Å². The number of carbonyl (C=O) groups is 4. The molecule has 39 heavy (non-hydrogen) atoms. The van der Waals surface area contributed by atoms with Crippen molar-refractivity contribution in [1.82, 2.24) is 0 Å². The molecule has 1 aromatic carbocycles. The number of benzene rings is 1. The summed E-state index contributed by atoms with van der Waals surface area (Å²) < 4.78 is 21.6. The van der Waals surface area contributed by atoms with Crippen LogP contribution in [0.15, 0.2) is 18.2 Å².